The molecule has 0 saturated carbocycles. The van der Waals surface area contributed by atoms with Crippen molar-refractivity contribution in [1.29, 1.82) is 0 Å². The number of nitrogens with zero attached hydrogens (tertiary/aromatic N) is 1. The molecule has 2 aromatic rings. The highest BCUT2D eigenvalue weighted by atomic mass is 79.9. The first-order valence-electron chi connectivity index (χ1n) is 6.71. The number of benzene rings is 2. The molecule has 2 aromatic carbocycles. The van der Waals surface area contributed by atoms with E-state index < -0.39 is 0 Å². The predicted octanol–water partition coefficient (Wildman–Crippen LogP) is 4.12. The van der Waals surface area contributed by atoms with Crippen LogP contribution in [0.5, 0.6) is 0 Å². The molecule has 4 heteroatoms. The van der Waals surface area contributed by atoms with Crippen LogP contribution in [0, 0.1) is 5.82 Å². The van der Waals surface area contributed by atoms with Gasteiger partial charge in [-0.05, 0) is 64.2 Å². The second-order valence-electron chi connectivity index (χ2n) is 5.13. The highest BCUT2D eigenvalue weighted by Gasteiger charge is 2.18. The van der Waals surface area contributed by atoms with Crippen molar-refractivity contribution in [2.45, 2.75) is 19.4 Å². The third kappa shape index (κ3) is 2.52. The topological polar surface area (TPSA) is 29.3 Å². The van der Waals surface area contributed by atoms with E-state index in [9.17, 15) is 4.39 Å². The monoisotopic (exact) mass is 334 g/mol. The minimum atomic E-state index is -0.211. The minimum Gasteiger partial charge on any atom is -0.399 e. The molecule has 0 bridgehead atoms. The highest BCUT2D eigenvalue weighted by Crippen LogP contribution is 2.31. The number of nitrogen functional groups attached to an aromatic ring is 1. The van der Waals surface area contributed by atoms with E-state index in [1.54, 1.807) is 6.07 Å². The maximum Gasteiger partial charge on any atom is 0.137 e. The van der Waals surface area contributed by atoms with E-state index in [1.165, 1.54) is 17.3 Å². The smallest absolute Gasteiger partial charge is 0.137 e. The van der Waals surface area contributed by atoms with Crippen molar-refractivity contribution >= 4 is 27.3 Å². The molecule has 0 aliphatic carbocycles. The molecule has 3 rings (SSSR count). The van der Waals surface area contributed by atoms with Gasteiger partial charge < -0.3 is 10.6 Å². The zero-order chi connectivity index (χ0) is 14.1. The van der Waals surface area contributed by atoms with Gasteiger partial charge in [-0.15, -0.1) is 0 Å². The number of hydrogen-bond acceptors (Lipinski definition) is 2. The van der Waals surface area contributed by atoms with Crippen molar-refractivity contribution in [3.63, 3.8) is 0 Å². The summed E-state index contributed by atoms with van der Waals surface area (Å²) in [6.07, 6.45) is 2.16. The summed E-state index contributed by atoms with van der Waals surface area (Å²) in [5, 5.41) is 0. The van der Waals surface area contributed by atoms with Gasteiger partial charge in [-0.25, -0.2) is 4.39 Å². The van der Waals surface area contributed by atoms with Crippen molar-refractivity contribution in [3.8, 4) is 0 Å². The summed E-state index contributed by atoms with van der Waals surface area (Å²) in [5.74, 6) is -0.211. The van der Waals surface area contributed by atoms with Crippen LogP contribution in [-0.4, -0.2) is 6.54 Å². The SMILES string of the molecule is Nc1ccc2c(c1)CCCN2Cc1cccc(F)c1Br. The van der Waals surface area contributed by atoms with Crippen LogP contribution in [0.4, 0.5) is 15.8 Å². The molecule has 1 aliphatic heterocycles. The molecule has 0 radical (unpaired) electrons. The Bertz CT molecular complexity index is 642. The van der Waals surface area contributed by atoms with Crippen LogP contribution in [0.15, 0.2) is 40.9 Å². The zero-order valence-electron chi connectivity index (χ0n) is 11.1. The maximum atomic E-state index is 13.6. The van der Waals surface area contributed by atoms with Crippen molar-refractivity contribution in [2.75, 3.05) is 17.2 Å². The molecule has 20 heavy (non-hydrogen) atoms. The summed E-state index contributed by atoms with van der Waals surface area (Å²) < 4.78 is 14.2. The van der Waals surface area contributed by atoms with Gasteiger partial charge in [-0.3, -0.25) is 0 Å². The van der Waals surface area contributed by atoms with E-state index in [0.717, 1.165) is 30.6 Å². The Balaban J connectivity index is 1.91. The lowest BCUT2D eigenvalue weighted by Gasteiger charge is -2.32. The predicted molar refractivity (Wildman–Crippen MR) is 84.3 cm³/mol. The van der Waals surface area contributed by atoms with Gasteiger partial charge in [0.2, 0.25) is 0 Å². The van der Waals surface area contributed by atoms with Crippen molar-refractivity contribution in [3.05, 3.63) is 57.8 Å². The number of nitrogens with two attached hydrogens (primary N) is 1. The molecule has 2 nitrogen and oxygen atoms in total. The summed E-state index contributed by atoms with van der Waals surface area (Å²) in [6, 6.07) is 11.2. The summed E-state index contributed by atoms with van der Waals surface area (Å²) >= 11 is 3.34. The highest BCUT2D eigenvalue weighted by molar-refractivity contribution is 9.10. The van der Waals surface area contributed by atoms with Crippen LogP contribution in [0.3, 0.4) is 0 Å². The van der Waals surface area contributed by atoms with Crippen LogP contribution in [-0.2, 0) is 13.0 Å². The van der Waals surface area contributed by atoms with Crippen molar-refractivity contribution in [1.82, 2.24) is 0 Å². The van der Waals surface area contributed by atoms with Crippen LogP contribution >= 0.6 is 15.9 Å². The maximum absolute atomic E-state index is 13.6. The molecule has 1 heterocycles. The average molecular weight is 335 g/mol. The molecule has 0 aromatic heterocycles. The quantitative estimate of drug-likeness (QED) is 0.837. The van der Waals surface area contributed by atoms with Crippen LogP contribution in [0.1, 0.15) is 17.5 Å². The van der Waals surface area contributed by atoms with Gasteiger partial charge >= 0.3 is 0 Å². The largest absolute Gasteiger partial charge is 0.399 e. The van der Waals surface area contributed by atoms with E-state index in [0.29, 0.717) is 11.0 Å². The molecule has 104 valence electrons. The fourth-order valence-electron chi connectivity index (χ4n) is 2.74. The molecule has 0 fully saturated rings. The molecule has 0 atom stereocenters. The standard InChI is InChI=1S/C16H16BrFN2/c17-16-12(3-1-5-14(16)18)10-20-8-2-4-11-9-13(19)6-7-15(11)20/h1,3,5-7,9H,2,4,8,10,19H2. The van der Waals surface area contributed by atoms with E-state index in [2.05, 4.69) is 26.9 Å². The Morgan fingerprint density at radius 3 is 2.95 bits per heavy atom. The summed E-state index contributed by atoms with van der Waals surface area (Å²) in [5.41, 5.74) is 10.1. The minimum absolute atomic E-state index is 0.211. The van der Waals surface area contributed by atoms with E-state index in [-0.39, 0.29) is 5.82 Å². The van der Waals surface area contributed by atoms with Gasteiger partial charge in [0, 0.05) is 24.5 Å². The second-order valence-corrected chi connectivity index (χ2v) is 5.92. The van der Waals surface area contributed by atoms with E-state index >= 15 is 0 Å². The lowest BCUT2D eigenvalue weighted by Crippen LogP contribution is -2.29. The normalized spacial score (nSPS) is 14.2. The van der Waals surface area contributed by atoms with Gasteiger partial charge in [0.1, 0.15) is 5.82 Å². The lowest BCUT2D eigenvalue weighted by molar-refractivity contribution is 0.615. The van der Waals surface area contributed by atoms with Gasteiger partial charge in [0.15, 0.2) is 0 Å². The molecule has 0 unspecified atom stereocenters. The molecule has 2 N–H and O–H groups in total. The first kappa shape index (κ1) is 13.4. The van der Waals surface area contributed by atoms with Gasteiger partial charge in [0.25, 0.3) is 0 Å². The number of hydrogen-bond donors (Lipinski definition) is 1. The Kier molecular flexibility index (Phi) is 3.66. The molecule has 0 amide bonds. The Labute approximate surface area is 126 Å². The van der Waals surface area contributed by atoms with Gasteiger partial charge in [-0.2, -0.15) is 0 Å². The summed E-state index contributed by atoms with van der Waals surface area (Å²) in [6.45, 7) is 1.69. The molecular weight excluding hydrogens is 319 g/mol. The second kappa shape index (κ2) is 5.44. The number of rotatable bonds is 2. The molecular formula is C16H16BrFN2. The zero-order valence-corrected chi connectivity index (χ0v) is 12.7. The lowest BCUT2D eigenvalue weighted by atomic mass is 10.0. The van der Waals surface area contributed by atoms with Crippen molar-refractivity contribution in [2.24, 2.45) is 0 Å². The Morgan fingerprint density at radius 1 is 1.25 bits per heavy atom. The third-order valence-electron chi connectivity index (χ3n) is 3.71. The number of anilines is 2. The fraction of sp³-hybridized carbons (Fsp3) is 0.250. The van der Waals surface area contributed by atoms with Crippen LogP contribution < -0.4 is 10.6 Å². The fourth-order valence-corrected chi connectivity index (χ4v) is 3.13. The Hall–Kier alpha value is -1.55. The first-order chi connectivity index (χ1) is 9.65. The van der Waals surface area contributed by atoms with Crippen LogP contribution in [0.2, 0.25) is 0 Å². The number of halogens is 2. The number of aryl methyl sites for hydroxylation is 1. The van der Waals surface area contributed by atoms with E-state index in [4.69, 9.17) is 5.73 Å². The molecule has 1 aliphatic rings. The van der Waals surface area contributed by atoms with Crippen molar-refractivity contribution < 1.29 is 4.39 Å². The third-order valence-corrected chi connectivity index (χ3v) is 4.60. The van der Waals surface area contributed by atoms with Gasteiger partial charge in [0.05, 0.1) is 4.47 Å². The van der Waals surface area contributed by atoms with Gasteiger partial charge in [-0.1, -0.05) is 12.1 Å². The average Bonchev–Trinajstić information content (AvgIpc) is 2.44. The Morgan fingerprint density at radius 2 is 2.10 bits per heavy atom. The van der Waals surface area contributed by atoms with E-state index in [1.807, 2.05) is 18.2 Å². The summed E-state index contributed by atoms with van der Waals surface area (Å²) in [7, 11) is 0. The molecule has 0 spiro atoms. The first-order valence-corrected chi connectivity index (χ1v) is 7.50. The van der Waals surface area contributed by atoms with Crippen LogP contribution in [0.25, 0.3) is 0 Å². The molecule has 0 saturated heterocycles. The summed E-state index contributed by atoms with van der Waals surface area (Å²) in [4.78, 5) is 2.29. The number of fused-ring (bicyclic) bond motifs is 1.